The lowest BCUT2D eigenvalue weighted by molar-refractivity contribution is -0.151. The Balaban J connectivity index is 4.68. The van der Waals surface area contributed by atoms with Crippen molar-refractivity contribution in [2.45, 2.75) is 225 Å². The predicted molar refractivity (Wildman–Crippen MR) is 232 cm³/mol. The third-order valence-electron chi connectivity index (χ3n) is 9.93. The summed E-state index contributed by atoms with van der Waals surface area (Å²) in [5, 5.41) is 23.6. The average molecular weight is 756 g/mol. The van der Waals surface area contributed by atoms with E-state index in [0.29, 0.717) is 19.3 Å². The third kappa shape index (κ3) is 36.5. The average Bonchev–Trinajstić information content (AvgIpc) is 3.16. The van der Waals surface area contributed by atoms with Gasteiger partial charge < -0.3 is 20.3 Å². The normalized spacial score (nSPS) is 13.9. The standard InChI is InChI=1S/C48H85NO5/c1-4-7-10-13-16-19-22-25-28-31-34-37-40-46(51)45(43-50)49-47(52)42-44(39-36-33-30-27-24-21-18-15-12-9-6-3)54-48(53)41-38-35-32-29-26-23-20-17-14-11-8-5-2/h9,12,15,17-18,20-21,24,27,30,44-46,50-51H,4-8,10-11,13-14,16,19,22-23,25-26,28-29,31-43H2,1-3H3,(H,49,52)/b12-9+,18-15+,20-17-,24-21-,30-27-. The molecule has 0 aromatic heterocycles. The maximum absolute atomic E-state index is 13.1. The van der Waals surface area contributed by atoms with E-state index in [1.165, 1.54) is 96.3 Å². The summed E-state index contributed by atoms with van der Waals surface area (Å²) in [4.78, 5) is 25.9. The smallest absolute Gasteiger partial charge is 0.306 e. The second kappa shape index (κ2) is 41.7. The number of carbonyl (C=O) groups is 2. The van der Waals surface area contributed by atoms with Gasteiger partial charge in [-0.25, -0.2) is 0 Å². The summed E-state index contributed by atoms with van der Waals surface area (Å²) in [6.07, 6.45) is 50.0. The zero-order valence-electron chi connectivity index (χ0n) is 35.3. The summed E-state index contributed by atoms with van der Waals surface area (Å²) < 4.78 is 5.85. The van der Waals surface area contributed by atoms with Gasteiger partial charge in [-0.3, -0.25) is 9.59 Å². The molecule has 0 aliphatic heterocycles. The molecular formula is C48H85NO5. The van der Waals surface area contributed by atoms with Gasteiger partial charge >= 0.3 is 5.97 Å². The maximum atomic E-state index is 13.1. The lowest BCUT2D eigenvalue weighted by Crippen LogP contribution is -2.46. The van der Waals surface area contributed by atoms with Gasteiger partial charge in [0.25, 0.3) is 0 Å². The second-order valence-corrected chi connectivity index (χ2v) is 15.2. The quantitative estimate of drug-likeness (QED) is 0.0251. The molecule has 3 N–H and O–H groups in total. The zero-order valence-corrected chi connectivity index (χ0v) is 35.3. The summed E-state index contributed by atoms with van der Waals surface area (Å²) in [7, 11) is 0. The van der Waals surface area contributed by atoms with E-state index in [9.17, 15) is 19.8 Å². The third-order valence-corrected chi connectivity index (χ3v) is 9.93. The minimum absolute atomic E-state index is 0.0270. The summed E-state index contributed by atoms with van der Waals surface area (Å²) in [5.41, 5.74) is 0. The van der Waals surface area contributed by atoms with Crippen LogP contribution in [0.5, 0.6) is 0 Å². The maximum Gasteiger partial charge on any atom is 0.306 e. The molecule has 1 amide bonds. The lowest BCUT2D eigenvalue weighted by Gasteiger charge is -2.24. The molecule has 0 rings (SSSR count). The van der Waals surface area contributed by atoms with Gasteiger partial charge in [-0.05, 0) is 64.2 Å². The van der Waals surface area contributed by atoms with Gasteiger partial charge in [0.1, 0.15) is 6.10 Å². The number of aliphatic hydroxyl groups excluding tert-OH is 2. The molecule has 0 heterocycles. The van der Waals surface area contributed by atoms with Gasteiger partial charge in [0.05, 0.1) is 25.2 Å². The highest BCUT2D eigenvalue weighted by Gasteiger charge is 2.24. The van der Waals surface area contributed by atoms with Crippen molar-refractivity contribution in [3.8, 4) is 0 Å². The molecule has 0 bridgehead atoms. The van der Waals surface area contributed by atoms with Gasteiger partial charge in [-0.2, -0.15) is 0 Å². The molecule has 0 aromatic rings. The summed E-state index contributed by atoms with van der Waals surface area (Å²) in [5.74, 6) is -0.557. The van der Waals surface area contributed by atoms with E-state index in [0.717, 1.165) is 64.2 Å². The van der Waals surface area contributed by atoms with Gasteiger partial charge in [0, 0.05) is 6.42 Å². The van der Waals surface area contributed by atoms with Gasteiger partial charge in [0.15, 0.2) is 0 Å². The largest absolute Gasteiger partial charge is 0.462 e. The fraction of sp³-hybridized carbons (Fsp3) is 0.750. The van der Waals surface area contributed by atoms with E-state index < -0.39 is 18.2 Å². The second-order valence-electron chi connectivity index (χ2n) is 15.2. The minimum atomic E-state index is -0.805. The number of allylic oxidation sites excluding steroid dienone is 10. The first-order valence-corrected chi connectivity index (χ1v) is 22.6. The van der Waals surface area contributed by atoms with Crippen molar-refractivity contribution in [2.24, 2.45) is 0 Å². The van der Waals surface area contributed by atoms with Crippen LogP contribution in [0.4, 0.5) is 0 Å². The Morgan fingerprint density at radius 1 is 0.556 bits per heavy atom. The highest BCUT2D eigenvalue weighted by molar-refractivity contribution is 5.77. The molecular weight excluding hydrogens is 671 g/mol. The molecule has 0 aromatic carbocycles. The van der Waals surface area contributed by atoms with Crippen LogP contribution in [0.2, 0.25) is 0 Å². The minimum Gasteiger partial charge on any atom is -0.462 e. The number of ether oxygens (including phenoxy) is 1. The molecule has 3 unspecified atom stereocenters. The number of esters is 1. The Morgan fingerprint density at radius 2 is 1.04 bits per heavy atom. The molecule has 312 valence electrons. The van der Waals surface area contributed by atoms with Crippen LogP contribution in [0.1, 0.15) is 207 Å². The van der Waals surface area contributed by atoms with Gasteiger partial charge in [-0.1, -0.05) is 191 Å². The Bertz CT molecular complexity index is 984. The van der Waals surface area contributed by atoms with E-state index >= 15 is 0 Å². The molecule has 0 aliphatic carbocycles. The predicted octanol–water partition coefficient (Wildman–Crippen LogP) is 12.9. The fourth-order valence-corrected chi connectivity index (χ4v) is 6.50. The summed E-state index contributed by atoms with van der Waals surface area (Å²) in [6, 6.07) is -0.723. The Morgan fingerprint density at radius 3 is 1.63 bits per heavy atom. The first kappa shape index (κ1) is 51.6. The number of rotatable bonds is 39. The first-order chi connectivity index (χ1) is 26.5. The number of unbranched alkanes of at least 4 members (excludes halogenated alkanes) is 20. The van der Waals surface area contributed by atoms with E-state index in [1.807, 2.05) is 36.5 Å². The number of aliphatic hydroxyl groups is 2. The van der Waals surface area contributed by atoms with E-state index in [1.54, 1.807) is 0 Å². The lowest BCUT2D eigenvalue weighted by atomic mass is 10.0. The van der Waals surface area contributed by atoms with Crippen LogP contribution in [0.25, 0.3) is 0 Å². The SMILES string of the molecule is CC/C=C/C=C/C=C\C=C/CCCC(CC(=O)NC(CO)C(O)CCCCCCCCCCCCCC)OC(=O)CCCCCCC/C=C\CCCCC. The van der Waals surface area contributed by atoms with Crippen molar-refractivity contribution >= 4 is 11.9 Å². The van der Waals surface area contributed by atoms with Crippen LogP contribution in [-0.2, 0) is 14.3 Å². The van der Waals surface area contributed by atoms with Crippen molar-refractivity contribution in [1.82, 2.24) is 5.32 Å². The first-order valence-electron chi connectivity index (χ1n) is 22.6. The zero-order chi connectivity index (χ0) is 39.6. The molecule has 0 fully saturated rings. The molecule has 3 atom stereocenters. The molecule has 54 heavy (non-hydrogen) atoms. The number of hydrogen-bond acceptors (Lipinski definition) is 5. The molecule has 0 radical (unpaired) electrons. The summed E-state index contributed by atoms with van der Waals surface area (Å²) in [6.45, 7) is 6.27. The van der Waals surface area contributed by atoms with E-state index in [-0.39, 0.29) is 24.9 Å². The monoisotopic (exact) mass is 756 g/mol. The summed E-state index contributed by atoms with van der Waals surface area (Å²) >= 11 is 0. The van der Waals surface area contributed by atoms with Crippen molar-refractivity contribution < 1.29 is 24.5 Å². The topological polar surface area (TPSA) is 95.9 Å². The highest BCUT2D eigenvalue weighted by atomic mass is 16.5. The van der Waals surface area contributed by atoms with Crippen LogP contribution < -0.4 is 5.32 Å². The van der Waals surface area contributed by atoms with Crippen molar-refractivity contribution in [3.63, 3.8) is 0 Å². The van der Waals surface area contributed by atoms with Crippen molar-refractivity contribution in [1.29, 1.82) is 0 Å². The van der Waals surface area contributed by atoms with Crippen LogP contribution >= 0.6 is 0 Å². The molecule has 6 nitrogen and oxygen atoms in total. The van der Waals surface area contributed by atoms with Crippen LogP contribution in [0, 0.1) is 0 Å². The fourth-order valence-electron chi connectivity index (χ4n) is 6.50. The number of amides is 1. The Hall–Kier alpha value is -2.44. The molecule has 0 aliphatic rings. The molecule has 6 heteroatoms. The van der Waals surface area contributed by atoms with E-state index in [4.69, 9.17) is 4.74 Å². The Kier molecular flexibility index (Phi) is 39.8. The van der Waals surface area contributed by atoms with Gasteiger partial charge in [0.2, 0.25) is 5.91 Å². The number of nitrogens with one attached hydrogen (secondary N) is 1. The van der Waals surface area contributed by atoms with Crippen molar-refractivity contribution in [2.75, 3.05) is 6.61 Å². The highest BCUT2D eigenvalue weighted by Crippen LogP contribution is 2.16. The van der Waals surface area contributed by atoms with E-state index in [2.05, 4.69) is 50.4 Å². The van der Waals surface area contributed by atoms with Crippen LogP contribution in [0.15, 0.2) is 60.8 Å². The molecule has 0 saturated heterocycles. The van der Waals surface area contributed by atoms with Gasteiger partial charge in [-0.15, -0.1) is 0 Å². The number of carbonyl (C=O) groups excluding carboxylic acids is 2. The number of hydrogen-bond donors (Lipinski definition) is 3. The Labute approximate surface area is 333 Å². The van der Waals surface area contributed by atoms with Crippen molar-refractivity contribution in [3.05, 3.63) is 60.8 Å². The molecule has 0 spiro atoms. The molecule has 0 saturated carbocycles. The van der Waals surface area contributed by atoms with Crippen LogP contribution in [0.3, 0.4) is 0 Å². The van der Waals surface area contributed by atoms with Crippen LogP contribution in [-0.4, -0.2) is 46.9 Å².